The zero-order valence-electron chi connectivity index (χ0n) is 10.5. The van der Waals surface area contributed by atoms with Crippen molar-refractivity contribution in [1.29, 1.82) is 0 Å². The fraction of sp³-hybridized carbons (Fsp3) is 0.286. The van der Waals surface area contributed by atoms with E-state index in [2.05, 4.69) is 11.2 Å². The van der Waals surface area contributed by atoms with Gasteiger partial charge in [-0.1, -0.05) is 24.1 Å². The van der Waals surface area contributed by atoms with Crippen molar-refractivity contribution in [3.8, 4) is 12.3 Å². The molecule has 98 valence electrons. The zero-order chi connectivity index (χ0) is 14.0. The molecule has 2 N–H and O–H groups in total. The Balaban J connectivity index is 2.32. The van der Waals surface area contributed by atoms with Gasteiger partial charge in [-0.2, -0.15) is 0 Å². The molecule has 19 heavy (non-hydrogen) atoms. The number of nitrogens with one attached hydrogen (secondary N) is 1. The van der Waals surface area contributed by atoms with Crippen molar-refractivity contribution in [1.82, 2.24) is 5.32 Å². The SMILES string of the molecule is C#CC(C)NC(=O)N1c2ccccc2C[C@H]1C(=O)O. The van der Waals surface area contributed by atoms with Gasteiger partial charge in [0.25, 0.3) is 0 Å². The first-order valence-electron chi connectivity index (χ1n) is 5.91. The summed E-state index contributed by atoms with van der Waals surface area (Å²) in [5, 5.41) is 11.8. The number of carbonyl (C=O) groups excluding carboxylic acids is 1. The molecule has 0 spiro atoms. The highest BCUT2D eigenvalue weighted by atomic mass is 16.4. The minimum absolute atomic E-state index is 0.309. The van der Waals surface area contributed by atoms with Gasteiger partial charge in [-0.25, -0.2) is 9.59 Å². The second-order valence-electron chi connectivity index (χ2n) is 4.39. The fourth-order valence-corrected chi connectivity index (χ4v) is 2.13. The minimum Gasteiger partial charge on any atom is -0.480 e. The summed E-state index contributed by atoms with van der Waals surface area (Å²) in [6, 6.07) is 5.33. The van der Waals surface area contributed by atoms with Gasteiger partial charge in [-0.3, -0.25) is 4.90 Å². The first-order chi connectivity index (χ1) is 9.04. The van der Waals surface area contributed by atoms with Crippen molar-refractivity contribution in [3.63, 3.8) is 0 Å². The first-order valence-corrected chi connectivity index (χ1v) is 5.91. The Hall–Kier alpha value is -2.48. The summed E-state index contributed by atoms with van der Waals surface area (Å²) in [6.07, 6.45) is 5.52. The van der Waals surface area contributed by atoms with E-state index in [1.54, 1.807) is 19.1 Å². The van der Waals surface area contributed by atoms with E-state index in [1.165, 1.54) is 4.90 Å². The number of terminal acetylenes is 1. The molecule has 1 aromatic carbocycles. The van der Waals surface area contributed by atoms with Crippen molar-refractivity contribution in [2.24, 2.45) is 0 Å². The number of carboxylic acid groups (broad SMARTS) is 1. The van der Waals surface area contributed by atoms with Crippen LogP contribution in [0.4, 0.5) is 10.5 Å². The third-order valence-corrected chi connectivity index (χ3v) is 3.07. The van der Waals surface area contributed by atoms with E-state index in [9.17, 15) is 14.7 Å². The van der Waals surface area contributed by atoms with Crippen molar-refractivity contribution >= 4 is 17.7 Å². The van der Waals surface area contributed by atoms with Crippen LogP contribution in [-0.4, -0.2) is 29.2 Å². The summed E-state index contributed by atoms with van der Waals surface area (Å²) < 4.78 is 0. The monoisotopic (exact) mass is 258 g/mol. The van der Waals surface area contributed by atoms with Crippen LogP contribution in [0.5, 0.6) is 0 Å². The molecule has 0 bridgehead atoms. The number of anilines is 1. The molecule has 1 aliphatic heterocycles. The standard InChI is InChI=1S/C14H14N2O3/c1-3-9(2)15-14(19)16-11-7-5-4-6-10(11)8-12(16)13(17)18/h1,4-7,9,12H,8H2,2H3,(H,15,19)(H,17,18)/t9?,12-/m0/s1. The van der Waals surface area contributed by atoms with E-state index in [-0.39, 0.29) is 0 Å². The molecular formula is C14H14N2O3. The highest BCUT2D eigenvalue weighted by Crippen LogP contribution is 2.32. The summed E-state index contributed by atoms with van der Waals surface area (Å²) in [4.78, 5) is 24.7. The maximum absolute atomic E-state index is 12.1. The predicted molar refractivity (Wildman–Crippen MR) is 70.9 cm³/mol. The summed E-state index contributed by atoms with van der Waals surface area (Å²) in [7, 11) is 0. The first kappa shape index (κ1) is 13.0. The van der Waals surface area contributed by atoms with E-state index in [0.717, 1.165) is 5.56 Å². The summed E-state index contributed by atoms with van der Waals surface area (Å²) in [6.45, 7) is 1.66. The fourth-order valence-electron chi connectivity index (χ4n) is 2.13. The number of carbonyl (C=O) groups is 2. The summed E-state index contributed by atoms with van der Waals surface area (Å²) in [5.41, 5.74) is 1.47. The number of benzene rings is 1. The predicted octanol–water partition coefficient (Wildman–Crippen LogP) is 1.23. The normalized spacial score (nSPS) is 18.3. The number of urea groups is 1. The molecule has 1 heterocycles. The number of nitrogens with zero attached hydrogens (tertiary/aromatic N) is 1. The zero-order valence-corrected chi connectivity index (χ0v) is 10.5. The molecule has 0 aromatic heterocycles. The number of rotatable bonds is 2. The maximum Gasteiger partial charge on any atom is 0.327 e. The van der Waals surface area contributed by atoms with Gasteiger partial charge in [0.2, 0.25) is 0 Å². The number of hydrogen-bond donors (Lipinski definition) is 2. The number of hydrogen-bond acceptors (Lipinski definition) is 2. The Labute approximate surface area is 111 Å². The lowest BCUT2D eigenvalue weighted by Gasteiger charge is -2.23. The molecule has 0 saturated heterocycles. The van der Waals surface area contributed by atoms with Crippen molar-refractivity contribution in [2.45, 2.75) is 25.4 Å². The van der Waals surface area contributed by atoms with Crippen LogP contribution in [0.1, 0.15) is 12.5 Å². The van der Waals surface area contributed by atoms with Crippen LogP contribution in [-0.2, 0) is 11.2 Å². The molecule has 2 rings (SSSR count). The molecule has 1 unspecified atom stereocenters. The van der Waals surface area contributed by atoms with Gasteiger partial charge in [0.05, 0.1) is 6.04 Å². The Morgan fingerprint density at radius 1 is 1.53 bits per heavy atom. The van der Waals surface area contributed by atoms with Gasteiger partial charge < -0.3 is 10.4 Å². The van der Waals surface area contributed by atoms with E-state index in [0.29, 0.717) is 12.1 Å². The van der Waals surface area contributed by atoms with Gasteiger partial charge in [0.1, 0.15) is 6.04 Å². The quantitative estimate of drug-likeness (QED) is 0.784. The molecule has 0 aliphatic carbocycles. The molecule has 0 radical (unpaired) electrons. The molecule has 5 nitrogen and oxygen atoms in total. The Kier molecular flexibility index (Phi) is 3.43. The van der Waals surface area contributed by atoms with E-state index >= 15 is 0 Å². The second-order valence-corrected chi connectivity index (χ2v) is 4.39. The number of para-hydroxylation sites is 1. The highest BCUT2D eigenvalue weighted by molar-refractivity contribution is 6.01. The lowest BCUT2D eigenvalue weighted by atomic mass is 10.1. The highest BCUT2D eigenvalue weighted by Gasteiger charge is 2.38. The van der Waals surface area contributed by atoms with Gasteiger partial charge in [0, 0.05) is 12.1 Å². The van der Waals surface area contributed by atoms with Crippen LogP contribution in [0.2, 0.25) is 0 Å². The summed E-state index contributed by atoms with van der Waals surface area (Å²) in [5.74, 6) is 1.35. The number of carboxylic acids is 1. The molecule has 2 atom stereocenters. The molecule has 1 aliphatic rings. The number of aliphatic carboxylic acids is 1. The molecular weight excluding hydrogens is 244 g/mol. The summed E-state index contributed by atoms with van der Waals surface area (Å²) >= 11 is 0. The van der Waals surface area contributed by atoms with Crippen molar-refractivity contribution in [3.05, 3.63) is 29.8 Å². The lowest BCUT2D eigenvalue weighted by molar-refractivity contribution is -0.138. The van der Waals surface area contributed by atoms with Gasteiger partial charge in [-0.15, -0.1) is 6.42 Å². The second kappa shape index (κ2) is 5.02. The molecule has 2 amide bonds. The molecule has 0 saturated carbocycles. The largest absolute Gasteiger partial charge is 0.480 e. The van der Waals surface area contributed by atoms with E-state index in [4.69, 9.17) is 6.42 Å². The smallest absolute Gasteiger partial charge is 0.327 e. The maximum atomic E-state index is 12.1. The van der Waals surface area contributed by atoms with E-state index < -0.39 is 24.1 Å². The van der Waals surface area contributed by atoms with Crippen LogP contribution in [0.15, 0.2) is 24.3 Å². The minimum atomic E-state index is -1.03. The third kappa shape index (κ3) is 2.38. The number of amides is 2. The molecule has 0 fully saturated rings. The average molecular weight is 258 g/mol. The lowest BCUT2D eigenvalue weighted by Crippen LogP contribution is -2.49. The van der Waals surface area contributed by atoms with Crippen molar-refractivity contribution < 1.29 is 14.7 Å². The Morgan fingerprint density at radius 3 is 2.84 bits per heavy atom. The third-order valence-electron chi connectivity index (χ3n) is 3.07. The van der Waals surface area contributed by atoms with E-state index in [1.807, 2.05) is 12.1 Å². The topological polar surface area (TPSA) is 69.6 Å². The number of fused-ring (bicyclic) bond motifs is 1. The van der Waals surface area contributed by atoms with Crippen molar-refractivity contribution in [2.75, 3.05) is 4.90 Å². The van der Waals surface area contributed by atoms with Crippen LogP contribution < -0.4 is 10.2 Å². The van der Waals surface area contributed by atoms with Crippen LogP contribution in [0.3, 0.4) is 0 Å². The Bertz CT molecular complexity index is 562. The van der Waals surface area contributed by atoms with Gasteiger partial charge >= 0.3 is 12.0 Å². The average Bonchev–Trinajstić information content (AvgIpc) is 2.78. The van der Waals surface area contributed by atoms with Gasteiger partial charge in [-0.05, 0) is 18.6 Å². The molecule has 1 aromatic rings. The van der Waals surface area contributed by atoms with Crippen LogP contribution in [0, 0.1) is 12.3 Å². The van der Waals surface area contributed by atoms with Crippen LogP contribution >= 0.6 is 0 Å². The van der Waals surface area contributed by atoms with Crippen LogP contribution in [0.25, 0.3) is 0 Å². The molecule has 5 heteroatoms. The Morgan fingerprint density at radius 2 is 2.21 bits per heavy atom. The van der Waals surface area contributed by atoms with Gasteiger partial charge in [0.15, 0.2) is 0 Å².